The third-order valence-corrected chi connectivity index (χ3v) is 4.29. The monoisotopic (exact) mass is 433 g/mol. The van der Waals surface area contributed by atoms with Gasteiger partial charge in [-0.1, -0.05) is 11.6 Å². The summed E-state index contributed by atoms with van der Waals surface area (Å²) in [6.07, 6.45) is 0. The quantitative estimate of drug-likeness (QED) is 0.726. The van der Waals surface area contributed by atoms with E-state index in [9.17, 15) is 9.90 Å². The number of rotatable bonds is 3. The number of carbonyl (C=O) groups is 1. The molecule has 0 bridgehead atoms. The number of ether oxygens (including phenoxy) is 1. The molecule has 0 atom stereocenters. The van der Waals surface area contributed by atoms with Gasteiger partial charge in [0.2, 0.25) is 0 Å². The molecule has 2 aromatic carbocycles. The fraction of sp³-hybridized carbons (Fsp3) is 0.0714. The first-order chi connectivity index (χ1) is 9.92. The Hall–Kier alpha value is -1.24. The molecule has 0 unspecified atom stereocenters. The molecule has 2 aromatic rings. The van der Waals surface area contributed by atoms with Crippen LogP contribution in [0.15, 0.2) is 39.3 Å². The van der Waals surface area contributed by atoms with E-state index in [4.69, 9.17) is 16.3 Å². The minimum absolute atomic E-state index is 0.0306. The molecule has 110 valence electrons. The molecule has 7 heteroatoms. The van der Waals surface area contributed by atoms with Crippen LogP contribution in [-0.2, 0) is 0 Å². The maximum absolute atomic E-state index is 12.2. The van der Waals surface area contributed by atoms with Crippen molar-refractivity contribution in [2.75, 3.05) is 12.4 Å². The van der Waals surface area contributed by atoms with Gasteiger partial charge in [0, 0.05) is 10.5 Å². The topological polar surface area (TPSA) is 58.6 Å². The predicted octanol–water partition coefficient (Wildman–Crippen LogP) is 4.83. The van der Waals surface area contributed by atoms with Crippen molar-refractivity contribution in [2.24, 2.45) is 0 Å². The fourth-order valence-corrected chi connectivity index (χ4v) is 3.12. The number of phenolic OH excluding ortho intramolecular Hbond substituents is 1. The molecule has 2 rings (SSSR count). The third kappa shape index (κ3) is 3.70. The summed E-state index contributed by atoms with van der Waals surface area (Å²) < 4.78 is 6.62. The van der Waals surface area contributed by atoms with Crippen molar-refractivity contribution < 1.29 is 14.6 Å². The van der Waals surface area contributed by atoms with Gasteiger partial charge in [-0.25, -0.2) is 0 Å². The SMILES string of the molecule is COc1cc(NC(=O)c2cc(O)ccc2Cl)c(Br)cc1Br. The lowest BCUT2D eigenvalue weighted by atomic mass is 10.2. The lowest BCUT2D eigenvalue weighted by Gasteiger charge is -2.12. The van der Waals surface area contributed by atoms with Crippen LogP contribution in [0.25, 0.3) is 0 Å². The van der Waals surface area contributed by atoms with E-state index in [1.54, 1.807) is 12.1 Å². The van der Waals surface area contributed by atoms with Crippen LogP contribution in [0.3, 0.4) is 0 Å². The second kappa shape index (κ2) is 6.68. The molecule has 4 nitrogen and oxygen atoms in total. The zero-order valence-corrected chi connectivity index (χ0v) is 14.7. The van der Waals surface area contributed by atoms with E-state index in [1.165, 1.54) is 25.3 Å². The number of benzene rings is 2. The van der Waals surface area contributed by atoms with Crippen molar-refractivity contribution in [3.63, 3.8) is 0 Å². The smallest absolute Gasteiger partial charge is 0.257 e. The average molecular weight is 435 g/mol. The van der Waals surface area contributed by atoms with Crippen molar-refractivity contribution in [1.82, 2.24) is 0 Å². The number of nitrogens with one attached hydrogen (secondary N) is 1. The Balaban J connectivity index is 2.33. The summed E-state index contributed by atoms with van der Waals surface area (Å²) >= 11 is 12.7. The minimum atomic E-state index is -0.430. The molecule has 0 spiro atoms. The Kier molecular flexibility index (Phi) is 5.13. The summed E-state index contributed by atoms with van der Waals surface area (Å²) in [6.45, 7) is 0. The van der Waals surface area contributed by atoms with Crippen LogP contribution in [0.2, 0.25) is 5.02 Å². The Morgan fingerprint density at radius 1 is 1.24 bits per heavy atom. The van der Waals surface area contributed by atoms with Crippen molar-refractivity contribution in [3.8, 4) is 11.5 Å². The molecule has 0 aliphatic heterocycles. The van der Waals surface area contributed by atoms with E-state index < -0.39 is 5.91 Å². The summed E-state index contributed by atoms with van der Waals surface area (Å²) in [5.74, 6) is 0.119. The second-order valence-electron chi connectivity index (χ2n) is 4.08. The molecule has 0 radical (unpaired) electrons. The van der Waals surface area contributed by atoms with Crippen molar-refractivity contribution in [2.45, 2.75) is 0 Å². The molecule has 1 amide bonds. The van der Waals surface area contributed by atoms with Gasteiger partial charge in [0.25, 0.3) is 5.91 Å². The number of anilines is 1. The summed E-state index contributed by atoms with van der Waals surface area (Å²) in [7, 11) is 1.53. The molecular formula is C14H10Br2ClNO3. The Bertz CT molecular complexity index is 707. The largest absolute Gasteiger partial charge is 0.508 e. The zero-order chi connectivity index (χ0) is 15.6. The van der Waals surface area contributed by atoms with Crippen LogP contribution in [0.1, 0.15) is 10.4 Å². The van der Waals surface area contributed by atoms with Crippen LogP contribution in [0.5, 0.6) is 11.5 Å². The average Bonchev–Trinajstić information content (AvgIpc) is 2.44. The number of hydrogen-bond donors (Lipinski definition) is 2. The van der Waals surface area contributed by atoms with E-state index in [0.717, 1.165) is 4.47 Å². The molecule has 0 aliphatic carbocycles. The highest BCUT2D eigenvalue weighted by atomic mass is 79.9. The van der Waals surface area contributed by atoms with Crippen LogP contribution < -0.4 is 10.1 Å². The molecule has 2 N–H and O–H groups in total. The van der Waals surface area contributed by atoms with Gasteiger partial charge < -0.3 is 15.2 Å². The first kappa shape index (κ1) is 16.1. The highest BCUT2D eigenvalue weighted by Crippen LogP contribution is 2.35. The lowest BCUT2D eigenvalue weighted by Crippen LogP contribution is -2.13. The number of aromatic hydroxyl groups is 1. The Morgan fingerprint density at radius 2 is 1.95 bits per heavy atom. The van der Waals surface area contributed by atoms with Gasteiger partial charge in [0.1, 0.15) is 11.5 Å². The summed E-state index contributed by atoms with van der Waals surface area (Å²) in [4.78, 5) is 12.2. The standard InChI is InChI=1S/C14H10Br2ClNO3/c1-21-13-6-12(9(15)5-10(13)16)18-14(20)8-4-7(19)2-3-11(8)17/h2-6,19H,1H3,(H,18,20). The van der Waals surface area contributed by atoms with Crippen LogP contribution in [-0.4, -0.2) is 18.1 Å². The van der Waals surface area contributed by atoms with Gasteiger partial charge in [-0.3, -0.25) is 4.79 Å². The van der Waals surface area contributed by atoms with Crippen LogP contribution >= 0.6 is 43.5 Å². The highest BCUT2D eigenvalue weighted by Gasteiger charge is 2.14. The highest BCUT2D eigenvalue weighted by molar-refractivity contribution is 9.11. The molecule has 0 fully saturated rings. The van der Waals surface area contributed by atoms with E-state index in [2.05, 4.69) is 37.2 Å². The number of amides is 1. The first-order valence-electron chi connectivity index (χ1n) is 5.75. The number of halogens is 3. The number of phenols is 1. The maximum atomic E-state index is 12.2. The van der Waals surface area contributed by atoms with Crippen molar-refractivity contribution in [3.05, 3.63) is 49.9 Å². The molecule has 0 aliphatic rings. The van der Waals surface area contributed by atoms with Gasteiger partial charge in [-0.05, 0) is 56.1 Å². The normalized spacial score (nSPS) is 10.3. The van der Waals surface area contributed by atoms with Gasteiger partial charge in [0.05, 0.1) is 27.9 Å². The van der Waals surface area contributed by atoms with Crippen molar-refractivity contribution >= 4 is 55.1 Å². The van der Waals surface area contributed by atoms with Crippen molar-refractivity contribution in [1.29, 1.82) is 0 Å². The summed E-state index contributed by atoms with van der Waals surface area (Å²) in [5, 5.41) is 12.4. The number of hydrogen-bond acceptors (Lipinski definition) is 3. The van der Waals surface area contributed by atoms with E-state index in [1.807, 2.05) is 0 Å². The zero-order valence-electron chi connectivity index (χ0n) is 10.8. The minimum Gasteiger partial charge on any atom is -0.508 e. The number of methoxy groups -OCH3 is 1. The Morgan fingerprint density at radius 3 is 2.62 bits per heavy atom. The number of carbonyl (C=O) groups excluding carboxylic acids is 1. The van der Waals surface area contributed by atoms with Gasteiger partial charge in [-0.2, -0.15) is 0 Å². The Labute approximate surface area is 143 Å². The molecule has 0 saturated heterocycles. The fourth-order valence-electron chi connectivity index (χ4n) is 1.66. The van der Waals surface area contributed by atoms with E-state index >= 15 is 0 Å². The van der Waals surface area contributed by atoms with Gasteiger partial charge in [-0.15, -0.1) is 0 Å². The lowest BCUT2D eigenvalue weighted by molar-refractivity contribution is 0.102. The van der Waals surface area contributed by atoms with Gasteiger partial charge >= 0.3 is 0 Å². The summed E-state index contributed by atoms with van der Waals surface area (Å²) in [5.41, 5.74) is 0.713. The molecule has 0 saturated carbocycles. The third-order valence-electron chi connectivity index (χ3n) is 2.68. The maximum Gasteiger partial charge on any atom is 0.257 e. The summed E-state index contributed by atoms with van der Waals surface area (Å²) in [6, 6.07) is 7.61. The first-order valence-corrected chi connectivity index (χ1v) is 7.71. The van der Waals surface area contributed by atoms with E-state index in [-0.39, 0.29) is 16.3 Å². The van der Waals surface area contributed by atoms with Gasteiger partial charge in [0.15, 0.2) is 0 Å². The molecule has 0 aromatic heterocycles. The van der Waals surface area contributed by atoms with E-state index in [0.29, 0.717) is 15.9 Å². The predicted molar refractivity (Wildman–Crippen MR) is 89.5 cm³/mol. The van der Waals surface area contributed by atoms with Crippen LogP contribution in [0, 0.1) is 0 Å². The molecular weight excluding hydrogens is 425 g/mol. The van der Waals surface area contributed by atoms with Crippen LogP contribution in [0.4, 0.5) is 5.69 Å². The second-order valence-corrected chi connectivity index (χ2v) is 6.20. The molecule has 0 heterocycles. The molecule has 21 heavy (non-hydrogen) atoms.